The second kappa shape index (κ2) is 10.3. The van der Waals surface area contributed by atoms with Crippen molar-refractivity contribution in [2.45, 2.75) is 19.9 Å². The standard InChI is InChI=1S/C20H23Cl2N3O3/c1-4-25(12-19(26)23-17-7-5-6-8-18(17)28-3)13(2)20(27)24-16-10-9-14(21)11-15(16)22/h5-11,13H,4,12H2,1-3H3,(H,23,26)(H,24,27). The van der Waals surface area contributed by atoms with E-state index in [1.165, 1.54) is 7.11 Å². The second-order valence-electron chi connectivity index (χ2n) is 6.10. The van der Waals surface area contributed by atoms with Crippen LogP contribution in [0.15, 0.2) is 42.5 Å². The molecule has 2 rings (SSSR count). The number of para-hydroxylation sites is 2. The fourth-order valence-electron chi connectivity index (χ4n) is 2.64. The van der Waals surface area contributed by atoms with E-state index in [0.29, 0.717) is 33.7 Å². The number of benzene rings is 2. The van der Waals surface area contributed by atoms with Gasteiger partial charge >= 0.3 is 0 Å². The molecular weight excluding hydrogens is 401 g/mol. The molecule has 0 aliphatic heterocycles. The summed E-state index contributed by atoms with van der Waals surface area (Å²) in [5.74, 6) is 0.0637. The van der Waals surface area contributed by atoms with Gasteiger partial charge < -0.3 is 15.4 Å². The first-order chi connectivity index (χ1) is 13.3. The number of hydrogen-bond donors (Lipinski definition) is 2. The lowest BCUT2D eigenvalue weighted by Gasteiger charge is -2.26. The summed E-state index contributed by atoms with van der Waals surface area (Å²) in [5.41, 5.74) is 1.05. The Labute approximate surface area is 174 Å². The van der Waals surface area contributed by atoms with Crippen molar-refractivity contribution >= 4 is 46.4 Å². The molecule has 0 radical (unpaired) electrons. The summed E-state index contributed by atoms with van der Waals surface area (Å²) >= 11 is 12.0. The van der Waals surface area contributed by atoms with Crippen molar-refractivity contribution in [1.82, 2.24) is 4.90 Å². The summed E-state index contributed by atoms with van der Waals surface area (Å²) in [6.07, 6.45) is 0. The third-order valence-corrected chi connectivity index (χ3v) is 4.80. The van der Waals surface area contributed by atoms with E-state index in [2.05, 4.69) is 10.6 Å². The molecule has 150 valence electrons. The molecule has 0 aliphatic rings. The fraction of sp³-hybridized carbons (Fsp3) is 0.300. The number of nitrogens with zero attached hydrogens (tertiary/aromatic N) is 1. The maximum atomic E-state index is 12.6. The summed E-state index contributed by atoms with van der Waals surface area (Å²) in [7, 11) is 1.54. The van der Waals surface area contributed by atoms with Gasteiger partial charge in [0, 0.05) is 5.02 Å². The van der Waals surface area contributed by atoms with Gasteiger partial charge in [0.15, 0.2) is 0 Å². The molecule has 0 bridgehead atoms. The Morgan fingerprint density at radius 2 is 1.82 bits per heavy atom. The Kier molecular flexibility index (Phi) is 8.11. The smallest absolute Gasteiger partial charge is 0.241 e. The van der Waals surface area contributed by atoms with Crippen molar-refractivity contribution in [2.24, 2.45) is 0 Å². The van der Waals surface area contributed by atoms with E-state index in [1.54, 1.807) is 42.2 Å². The molecule has 0 spiro atoms. The average molecular weight is 424 g/mol. The minimum Gasteiger partial charge on any atom is -0.495 e. The van der Waals surface area contributed by atoms with Crippen molar-refractivity contribution in [3.05, 3.63) is 52.5 Å². The number of carbonyl (C=O) groups excluding carboxylic acids is 2. The summed E-state index contributed by atoms with van der Waals surface area (Å²) in [5, 5.41) is 6.42. The molecule has 6 nitrogen and oxygen atoms in total. The SMILES string of the molecule is CCN(CC(=O)Nc1ccccc1OC)C(C)C(=O)Nc1ccc(Cl)cc1Cl. The monoisotopic (exact) mass is 423 g/mol. The largest absolute Gasteiger partial charge is 0.495 e. The van der Waals surface area contributed by atoms with Crippen LogP contribution in [0.4, 0.5) is 11.4 Å². The molecular formula is C20H23Cl2N3O3. The van der Waals surface area contributed by atoms with Crippen LogP contribution in [0.2, 0.25) is 10.0 Å². The van der Waals surface area contributed by atoms with Gasteiger partial charge in [-0.3, -0.25) is 14.5 Å². The normalized spacial score (nSPS) is 11.8. The van der Waals surface area contributed by atoms with Crippen LogP contribution < -0.4 is 15.4 Å². The highest BCUT2D eigenvalue weighted by Crippen LogP contribution is 2.26. The molecule has 2 N–H and O–H groups in total. The van der Waals surface area contributed by atoms with Gasteiger partial charge in [-0.15, -0.1) is 0 Å². The second-order valence-corrected chi connectivity index (χ2v) is 6.94. The molecule has 0 aromatic heterocycles. The number of methoxy groups -OCH3 is 1. The number of ether oxygens (including phenoxy) is 1. The van der Waals surface area contributed by atoms with Crippen LogP contribution in [0.3, 0.4) is 0 Å². The first kappa shape index (κ1) is 22.0. The first-order valence-electron chi connectivity index (χ1n) is 8.78. The van der Waals surface area contributed by atoms with Crippen molar-refractivity contribution < 1.29 is 14.3 Å². The average Bonchev–Trinajstić information content (AvgIpc) is 2.68. The van der Waals surface area contributed by atoms with Gasteiger partial charge in [-0.05, 0) is 43.8 Å². The van der Waals surface area contributed by atoms with Crippen molar-refractivity contribution in [1.29, 1.82) is 0 Å². The maximum Gasteiger partial charge on any atom is 0.241 e. The molecule has 0 saturated carbocycles. The highest BCUT2D eigenvalue weighted by Gasteiger charge is 2.23. The van der Waals surface area contributed by atoms with E-state index in [0.717, 1.165) is 0 Å². The van der Waals surface area contributed by atoms with Crippen molar-refractivity contribution in [3.63, 3.8) is 0 Å². The lowest BCUT2D eigenvalue weighted by molar-refractivity contribution is -0.123. The van der Waals surface area contributed by atoms with Gasteiger partial charge in [0.2, 0.25) is 11.8 Å². The van der Waals surface area contributed by atoms with Crippen LogP contribution in [0.1, 0.15) is 13.8 Å². The first-order valence-corrected chi connectivity index (χ1v) is 9.54. The Morgan fingerprint density at radius 3 is 2.46 bits per heavy atom. The number of anilines is 2. The number of hydrogen-bond acceptors (Lipinski definition) is 4. The molecule has 0 saturated heterocycles. The minimum atomic E-state index is -0.542. The van der Waals surface area contributed by atoms with E-state index in [4.69, 9.17) is 27.9 Å². The van der Waals surface area contributed by atoms with Gasteiger partial charge in [-0.2, -0.15) is 0 Å². The summed E-state index contributed by atoms with van der Waals surface area (Å²) in [4.78, 5) is 26.8. The van der Waals surface area contributed by atoms with Crippen LogP contribution in [0.25, 0.3) is 0 Å². The number of halogens is 2. The van der Waals surface area contributed by atoms with Crippen molar-refractivity contribution in [3.8, 4) is 5.75 Å². The molecule has 2 aromatic carbocycles. The van der Waals surface area contributed by atoms with Crippen LogP contribution in [-0.2, 0) is 9.59 Å². The zero-order valence-corrected chi connectivity index (χ0v) is 17.5. The summed E-state index contributed by atoms with van der Waals surface area (Å²) < 4.78 is 5.23. The van der Waals surface area contributed by atoms with E-state index in [1.807, 2.05) is 19.1 Å². The predicted molar refractivity (Wildman–Crippen MR) is 113 cm³/mol. The fourth-order valence-corrected chi connectivity index (χ4v) is 3.09. The quantitative estimate of drug-likeness (QED) is 0.664. The highest BCUT2D eigenvalue weighted by molar-refractivity contribution is 6.36. The number of amides is 2. The minimum absolute atomic E-state index is 0.0531. The molecule has 1 unspecified atom stereocenters. The Morgan fingerprint density at radius 1 is 1.11 bits per heavy atom. The topological polar surface area (TPSA) is 70.7 Å². The van der Waals surface area contributed by atoms with E-state index in [9.17, 15) is 9.59 Å². The Bertz CT molecular complexity index is 845. The Hall–Kier alpha value is -2.28. The van der Waals surface area contributed by atoms with E-state index < -0.39 is 6.04 Å². The van der Waals surface area contributed by atoms with Gasteiger partial charge in [-0.1, -0.05) is 42.3 Å². The van der Waals surface area contributed by atoms with Gasteiger partial charge in [0.05, 0.1) is 36.1 Å². The number of likely N-dealkylation sites (N-methyl/N-ethyl adjacent to an activating group) is 1. The van der Waals surface area contributed by atoms with Gasteiger partial charge in [-0.25, -0.2) is 0 Å². The molecule has 2 aromatic rings. The van der Waals surface area contributed by atoms with E-state index >= 15 is 0 Å². The molecule has 0 fully saturated rings. The molecule has 1 atom stereocenters. The molecule has 0 aliphatic carbocycles. The van der Waals surface area contributed by atoms with Gasteiger partial charge in [0.1, 0.15) is 5.75 Å². The third-order valence-electron chi connectivity index (χ3n) is 4.25. The molecule has 2 amide bonds. The van der Waals surface area contributed by atoms with Crippen LogP contribution >= 0.6 is 23.2 Å². The molecule has 28 heavy (non-hydrogen) atoms. The van der Waals surface area contributed by atoms with E-state index in [-0.39, 0.29) is 18.4 Å². The zero-order valence-electron chi connectivity index (χ0n) is 16.0. The zero-order chi connectivity index (χ0) is 20.7. The molecule has 8 heteroatoms. The third kappa shape index (κ3) is 5.86. The van der Waals surface area contributed by atoms with Crippen molar-refractivity contribution in [2.75, 3.05) is 30.8 Å². The lowest BCUT2D eigenvalue weighted by atomic mass is 10.2. The summed E-state index contributed by atoms with van der Waals surface area (Å²) in [6, 6.07) is 11.4. The maximum absolute atomic E-state index is 12.6. The summed E-state index contributed by atoms with van der Waals surface area (Å²) in [6.45, 7) is 4.19. The van der Waals surface area contributed by atoms with Crippen LogP contribution in [0.5, 0.6) is 5.75 Å². The number of carbonyl (C=O) groups is 2. The Balaban J connectivity index is 2.00. The number of nitrogens with one attached hydrogen (secondary N) is 2. The predicted octanol–water partition coefficient (Wildman–Crippen LogP) is 4.29. The van der Waals surface area contributed by atoms with Crippen LogP contribution in [-0.4, -0.2) is 43.0 Å². The molecule has 0 heterocycles. The van der Waals surface area contributed by atoms with Gasteiger partial charge in [0.25, 0.3) is 0 Å². The number of rotatable bonds is 8. The highest BCUT2D eigenvalue weighted by atomic mass is 35.5. The van der Waals surface area contributed by atoms with Crippen LogP contribution in [0, 0.1) is 0 Å². The lowest BCUT2D eigenvalue weighted by Crippen LogP contribution is -2.45.